The van der Waals surface area contributed by atoms with Crippen LogP contribution in [-0.2, 0) is 14.3 Å². The van der Waals surface area contributed by atoms with E-state index in [1.807, 2.05) is 0 Å². The molecule has 2 rings (SSSR count). The largest absolute Gasteiger partial charge is 0.449 e. The van der Waals surface area contributed by atoms with Crippen LogP contribution in [-0.4, -0.2) is 24.0 Å². The Morgan fingerprint density at radius 3 is 2.72 bits per heavy atom. The van der Waals surface area contributed by atoms with Gasteiger partial charge in [-0.1, -0.05) is 44.9 Å². The fraction of sp³-hybridized carbons (Fsp3) is 0.500. The van der Waals surface area contributed by atoms with Gasteiger partial charge in [-0.05, 0) is 37.3 Å². The summed E-state index contributed by atoms with van der Waals surface area (Å²) in [5.41, 5.74) is 0.293. The predicted molar refractivity (Wildman–Crippen MR) is 95.1 cm³/mol. The molecule has 1 N–H and O–H groups in total. The predicted octanol–water partition coefficient (Wildman–Crippen LogP) is 3.71. The van der Waals surface area contributed by atoms with E-state index in [1.165, 1.54) is 18.6 Å². The monoisotopic (exact) mass is 347 g/mol. The maximum atomic E-state index is 13.5. The molecular formula is C20H26FNO3. The van der Waals surface area contributed by atoms with Crippen molar-refractivity contribution in [3.05, 3.63) is 41.7 Å². The molecule has 1 amide bonds. The summed E-state index contributed by atoms with van der Waals surface area (Å²) in [6.45, 7) is 5.88. The fourth-order valence-corrected chi connectivity index (χ4v) is 3.12. The van der Waals surface area contributed by atoms with Crippen molar-refractivity contribution >= 4 is 18.0 Å². The van der Waals surface area contributed by atoms with Crippen molar-refractivity contribution in [2.45, 2.75) is 52.2 Å². The number of nitrogens with one attached hydrogen (secondary N) is 1. The molecule has 136 valence electrons. The lowest BCUT2D eigenvalue weighted by atomic mass is 9.78. The molecule has 0 aliphatic heterocycles. The minimum Gasteiger partial charge on any atom is -0.449 e. The summed E-state index contributed by atoms with van der Waals surface area (Å²) in [6, 6.07) is 6.24. The van der Waals surface area contributed by atoms with Crippen LogP contribution in [0.25, 0.3) is 6.08 Å². The van der Waals surface area contributed by atoms with E-state index >= 15 is 0 Å². The van der Waals surface area contributed by atoms with Gasteiger partial charge in [-0.2, -0.15) is 0 Å². The summed E-state index contributed by atoms with van der Waals surface area (Å²) in [7, 11) is 0. The molecule has 0 unspecified atom stereocenters. The first-order chi connectivity index (χ1) is 11.9. The highest BCUT2D eigenvalue weighted by atomic mass is 19.1. The Labute approximate surface area is 148 Å². The van der Waals surface area contributed by atoms with E-state index in [-0.39, 0.29) is 11.9 Å². The third-order valence-electron chi connectivity index (χ3n) is 5.00. The number of hydrogen-bond acceptors (Lipinski definition) is 3. The van der Waals surface area contributed by atoms with E-state index < -0.39 is 17.9 Å². The van der Waals surface area contributed by atoms with Crippen molar-refractivity contribution in [2.75, 3.05) is 0 Å². The van der Waals surface area contributed by atoms with E-state index in [9.17, 15) is 14.0 Å². The van der Waals surface area contributed by atoms with Gasteiger partial charge in [0.05, 0.1) is 0 Å². The lowest BCUT2D eigenvalue weighted by molar-refractivity contribution is -0.150. The van der Waals surface area contributed by atoms with Crippen molar-refractivity contribution in [3.63, 3.8) is 0 Å². The fourth-order valence-electron chi connectivity index (χ4n) is 3.12. The smallest absolute Gasteiger partial charge is 0.331 e. The van der Waals surface area contributed by atoms with E-state index in [0.29, 0.717) is 17.4 Å². The highest BCUT2D eigenvalue weighted by Crippen LogP contribution is 2.29. The van der Waals surface area contributed by atoms with Crippen molar-refractivity contribution in [1.82, 2.24) is 5.32 Å². The Morgan fingerprint density at radius 2 is 2.00 bits per heavy atom. The summed E-state index contributed by atoms with van der Waals surface area (Å²) in [6.07, 6.45) is 4.81. The van der Waals surface area contributed by atoms with Crippen LogP contribution in [0.2, 0.25) is 0 Å². The zero-order chi connectivity index (χ0) is 18.4. The first kappa shape index (κ1) is 19.2. The van der Waals surface area contributed by atoms with E-state index in [0.717, 1.165) is 18.9 Å². The molecule has 25 heavy (non-hydrogen) atoms. The molecule has 1 aliphatic rings. The average molecular weight is 347 g/mol. The van der Waals surface area contributed by atoms with E-state index in [2.05, 4.69) is 19.2 Å². The van der Waals surface area contributed by atoms with Gasteiger partial charge in [0, 0.05) is 17.7 Å². The third-order valence-corrected chi connectivity index (χ3v) is 5.00. The molecule has 1 aliphatic carbocycles. The van der Waals surface area contributed by atoms with Crippen LogP contribution in [0, 0.1) is 17.7 Å². The van der Waals surface area contributed by atoms with Crippen LogP contribution >= 0.6 is 0 Å². The molecule has 0 aromatic heterocycles. The van der Waals surface area contributed by atoms with Gasteiger partial charge in [0.2, 0.25) is 0 Å². The molecule has 0 heterocycles. The number of hydrogen-bond donors (Lipinski definition) is 1. The van der Waals surface area contributed by atoms with Gasteiger partial charge < -0.3 is 10.1 Å². The van der Waals surface area contributed by atoms with Crippen molar-refractivity contribution in [1.29, 1.82) is 0 Å². The molecule has 1 aromatic rings. The number of benzene rings is 1. The molecule has 0 saturated heterocycles. The van der Waals surface area contributed by atoms with Crippen LogP contribution in [0.15, 0.2) is 30.3 Å². The summed E-state index contributed by atoms with van der Waals surface area (Å²) in [5, 5.41) is 2.99. The van der Waals surface area contributed by atoms with Crippen LogP contribution in [0.3, 0.4) is 0 Å². The van der Waals surface area contributed by atoms with Crippen LogP contribution < -0.4 is 5.32 Å². The number of rotatable bonds is 5. The summed E-state index contributed by atoms with van der Waals surface area (Å²) >= 11 is 0. The Balaban J connectivity index is 1.86. The van der Waals surface area contributed by atoms with Gasteiger partial charge in [0.1, 0.15) is 5.82 Å². The van der Waals surface area contributed by atoms with Crippen molar-refractivity contribution < 1.29 is 18.7 Å². The summed E-state index contributed by atoms with van der Waals surface area (Å²) < 4.78 is 18.6. The highest BCUT2D eigenvalue weighted by molar-refractivity contribution is 5.90. The Morgan fingerprint density at radius 1 is 1.28 bits per heavy atom. The third kappa shape index (κ3) is 5.41. The van der Waals surface area contributed by atoms with Crippen LogP contribution in [0.4, 0.5) is 4.39 Å². The normalized spacial score (nSPS) is 24.7. The van der Waals surface area contributed by atoms with Crippen LogP contribution in [0.5, 0.6) is 0 Å². The Hall–Kier alpha value is -2.17. The van der Waals surface area contributed by atoms with Crippen LogP contribution in [0.1, 0.15) is 45.6 Å². The number of halogens is 1. The molecule has 5 heteroatoms. The second kappa shape index (κ2) is 8.79. The molecule has 1 aromatic carbocycles. The molecule has 0 radical (unpaired) electrons. The second-order valence-electron chi connectivity index (χ2n) is 6.82. The molecule has 1 saturated carbocycles. The lowest BCUT2D eigenvalue weighted by Crippen LogP contribution is -2.47. The first-order valence-corrected chi connectivity index (χ1v) is 8.82. The number of esters is 1. The number of carbonyl (C=O) groups is 2. The maximum absolute atomic E-state index is 13.5. The number of ether oxygens (including phenoxy) is 1. The molecule has 1 fully saturated rings. The van der Waals surface area contributed by atoms with Gasteiger partial charge in [-0.15, -0.1) is 0 Å². The molecule has 0 spiro atoms. The molecule has 4 nitrogen and oxygen atoms in total. The van der Waals surface area contributed by atoms with Gasteiger partial charge in [-0.25, -0.2) is 9.18 Å². The summed E-state index contributed by atoms with van der Waals surface area (Å²) in [4.78, 5) is 24.1. The van der Waals surface area contributed by atoms with Gasteiger partial charge in [0.15, 0.2) is 6.10 Å². The lowest BCUT2D eigenvalue weighted by Gasteiger charge is -2.35. The Kier molecular flexibility index (Phi) is 6.73. The average Bonchev–Trinajstić information content (AvgIpc) is 2.58. The molecular weight excluding hydrogens is 321 g/mol. The zero-order valence-corrected chi connectivity index (χ0v) is 15.0. The quantitative estimate of drug-likeness (QED) is 0.652. The Bertz CT molecular complexity index is 644. The SMILES string of the molecule is C[C@H]1[C@@H](NC(=O)[C@@H](C)OC(=O)/C=C/c2ccccc2F)CCC[C@@H]1C. The number of amides is 1. The highest BCUT2D eigenvalue weighted by Gasteiger charge is 2.29. The standard InChI is InChI=1S/C20H26FNO3/c1-13-7-6-10-18(14(13)2)22-20(24)15(3)25-19(23)12-11-16-8-4-5-9-17(16)21/h4-5,8-9,11-15,18H,6-7,10H2,1-3H3,(H,22,24)/b12-11+/t13-,14+,15+,18-/m0/s1. The number of carbonyl (C=O) groups excluding carboxylic acids is 2. The van der Waals surface area contributed by atoms with E-state index in [1.54, 1.807) is 25.1 Å². The molecule has 4 atom stereocenters. The summed E-state index contributed by atoms with van der Waals surface area (Å²) in [5.74, 6) is -0.408. The zero-order valence-electron chi connectivity index (χ0n) is 15.0. The van der Waals surface area contributed by atoms with Gasteiger partial charge >= 0.3 is 5.97 Å². The first-order valence-electron chi connectivity index (χ1n) is 8.82. The van der Waals surface area contributed by atoms with Gasteiger partial charge in [0.25, 0.3) is 5.91 Å². The van der Waals surface area contributed by atoms with E-state index in [4.69, 9.17) is 4.74 Å². The maximum Gasteiger partial charge on any atom is 0.331 e. The molecule has 0 bridgehead atoms. The minimum atomic E-state index is -0.887. The van der Waals surface area contributed by atoms with Crippen molar-refractivity contribution in [3.8, 4) is 0 Å². The van der Waals surface area contributed by atoms with Crippen molar-refractivity contribution in [2.24, 2.45) is 11.8 Å². The topological polar surface area (TPSA) is 55.4 Å². The second-order valence-corrected chi connectivity index (χ2v) is 6.82. The van der Waals surface area contributed by atoms with Gasteiger partial charge in [-0.3, -0.25) is 4.79 Å². The minimum absolute atomic E-state index is 0.117.